The lowest BCUT2D eigenvalue weighted by molar-refractivity contribution is -0.208. The lowest BCUT2D eigenvalue weighted by atomic mass is 10.1. The first-order valence-corrected chi connectivity index (χ1v) is 29.8. The SMILES string of the molecule is CCCCCCCCCOC(CCC=CC(OCCCCCC)OC(C=CCCC(OCCCCCCCCC)OCCCCCCCCC)OCCCCCC)OCCCCCCCCC. The lowest BCUT2D eigenvalue weighted by Crippen LogP contribution is -2.25. The zero-order valence-electron chi connectivity index (χ0n) is 46.0. The molecule has 7 heteroatoms. The fourth-order valence-corrected chi connectivity index (χ4v) is 8.27. The lowest BCUT2D eigenvalue weighted by Gasteiger charge is -2.22. The zero-order chi connectivity index (χ0) is 48.6. The molecule has 0 aliphatic carbocycles. The number of unbranched alkanes of at least 4 members (excludes halogenated alkanes) is 30. The van der Waals surface area contributed by atoms with E-state index in [2.05, 4.69) is 65.8 Å². The molecule has 400 valence electrons. The van der Waals surface area contributed by atoms with E-state index >= 15 is 0 Å². The van der Waals surface area contributed by atoms with Crippen LogP contribution in [0.4, 0.5) is 0 Å². The zero-order valence-corrected chi connectivity index (χ0v) is 46.0. The number of allylic oxidation sites excluding steroid dienone is 2. The highest BCUT2D eigenvalue weighted by Crippen LogP contribution is 2.17. The number of ether oxygens (including phenoxy) is 7. The van der Waals surface area contributed by atoms with Gasteiger partial charge in [-0.25, -0.2) is 0 Å². The minimum atomic E-state index is -0.490. The van der Waals surface area contributed by atoms with Crippen LogP contribution in [0.2, 0.25) is 0 Å². The standard InChI is InChI=1S/C60H118O7/c1-7-13-19-25-29-33-43-51-61-57(62-52-44-34-30-26-20-14-8-2)47-37-39-49-59(65-55-41-23-17-11-5)67-60(66-56-42-24-18-12-6)50-40-38-48-58(63-53-45-35-31-27-21-15-9-3)64-54-46-36-32-28-22-16-10-4/h39-40,49-50,57-60H,7-38,41-48,51-56H2,1-6H3. The van der Waals surface area contributed by atoms with Crippen molar-refractivity contribution in [3.05, 3.63) is 24.3 Å². The maximum Gasteiger partial charge on any atom is 0.180 e. The van der Waals surface area contributed by atoms with Gasteiger partial charge in [0.2, 0.25) is 0 Å². The van der Waals surface area contributed by atoms with Gasteiger partial charge in [0, 0.05) is 39.3 Å². The normalized spacial score (nSPS) is 13.1. The van der Waals surface area contributed by atoms with Crippen LogP contribution >= 0.6 is 0 Å². The monoisotopic (exact) mass is 951 g/mol. The van der Waals surface area contributed by atoms with Gasteiger partial charge in [0.15, 0.2) is 25.2 Å². The molecule has 7 nitrogen and oxygen atoms in total. The van der Waals surface area contributed by atoms with Crippen LogP contribution < -0.4 is 0 Å². The van der Waals surface area contributed by atoms with Gasteiger partial charge in [-0.05, 0) is 63.5 Å². The molecule has 0 saturated carbocycles. The third-order valence-corrected chi connectivity index (χ3v) is 12.8. The Morgan fingerprint density at radius 1 is 0.254 bits per heavy atom. The molecule has 0 rings (SSSR count). The predicted molar refractivity (Wildman–Crippen MR) is 289 cm³/mol. The van der Waals surface area contributed by atoms with Crippen LogP contribution in [-0.4, -0.2) is 64.8 Å². The molecule has 2 unspecified atom stereocenters. The Morgan fingerprint density at radius 3 is 0.716 bits per heavy atom. The summed E-state index contributed by atoms with van der Waals surface area (Å²) in [4.78, 5) is 0. The van der Waals surface area contributed by atoms with Crippen LogP contribution in [0.3, 0.4) is 0 Å². The van der Waals surface area contributed by atoms with Gasteiger partial charge >= 0.3 is 0 Å². The van der Waals surface area contributed by atoms with Gasteiger partial charge in [0.1, 0.15) is 0 Å². The molecule has 2 atom stereocenters. The van der Waals surface area contributed by atoms with Crippen molar-refractivity contribution < 1.29 is 33.2 Å². The van der Waals surface area contributed by atoms with Gasteiger partial charge < -0.3 is 33.2 Å². The van der Waals surface area contributed by atoms with E-state index in [-0.39, 0.29) is 12.6 Å². The fourth-order valence-electron chi connectivity index (χ4n) is 8.27. The second-order valence-corrected chi connectivity index (χ2v) is 19.6. The van der Waals surface area contributed by atoms with Gasteiger partial charge in [0.05, 0.1) is 13.2 Å². The van der Waals surface area contributed by atoms with Gasteiger partial charge in [-0.2, -0.15) is 0 Å². The summed E-state index contributed by atoms with van der Waals surface area (Å²) in [5.41, 5.74) is 0. The minimum Gasteiger partial charge on any atom is -0.353 e. The third kappa shape index (κ3) is 51.4. The third-order valence-electron chi connectivity index (χ3n) is 12.8. The number of rotatable bonds is 58. The molecular weight excluding hydrogens is 833 g/mol. The van der Waals surface area contributed by atoms with Crippen molar-refractivity contribution in [1.29, 1.82) is 0 Å². The Hall–Kier alpha value is -0.800. The van der Waals surface area contributed by atoms with E-state index in [1.165, 1.54) is 193 Å². The van der Waals surface area contributed by atoms with E-state index in [0.29, 0.717) is 13.2 Å². The van der Waals surface area contributed by atoms with Crippen LogP contribution in [0.25, 0.3) is 0 Å². The minimum absolute atomic E-state index is 0.177. The number of hydrogen-bond donors (Lipinski definition) is 0. The second kappa shape index (κ2) is 57.8. The van der Waals surface area contributed by atoms with Gasteiger partial charge in [0.25, 0.3) is 0 Å². The summed E-state index contributed by atoms with van der Waals surface area (Å²) in [7, 11) is 0. The van der Waals surface area contributed by atoms with Crippen LogP contribution in [0.1, 0.15) is 298 Å². The molecule has 0 bridgehead atoms. The van der Waals surface area contributed by atoms with Crippen molar-refractivity contribution in [2.75, 3.05) is 39.6 Å². The highest BCUT2D eigenvalue weighted by atomic mass is 16.8. The second-order valence-electron chi connectivity index (χ2n) is 19.6. The quantitative estimate of drug-likeness (QED) is 0.0342. The molecule has 0 fully saturated rings. The van der Waals surface area contributed by atoms with Gasteiger partial charge in [-0.3, -0.25) is 0 Å². The summed E-state index contributed by atoms with van der Waals surface area (Å²) < 4.78 is 45.0. The van der Waals surface area contributed by atoms with Gasteiger partial charge in [-0.1, -0.05) is 246 Å². The highest BCUT2D eigenvalue weighted by molar-refractivity contribution is 4.90. The summed E-state index contributed by atoms with van der Waals surface area (Å²) >= 11 is 0. The van der Waals surface area contributed by atoms with Crippen molar-refractivity contribution in [2.24, 2.45) is 0 Å². The molecule has 67 heavy (non-hydrogen) atoms. The topological polar surface area (TPSA) is 64.6 Å². The van der Waals surface area contributed by atoms with E-state index in [1.54, 1.807) is 0 Å². The van der Waals surface area contributed by atoms with E-state index in [4.69, 9.17) is 33.2 Å². The van der Waals surface area contributed by atoms with Crippen molar-refractivity contribution in [1.82, 2.24) is 0 Å². The first-order chi connectivity index (χ1) is 33.1. The summed E-state index contributed by atoms with van der Waals surface area (Å²) in [5, 5.41) is 0. The molecule has 0 spiro atoms. The van der Waals surface area contributed by atoms with Crippen molar-refractivity contribution in [2.45, 2.75) is 324 Å². The van der Waals surface area contributed by atoms with Gasteiger partial charge in [-0.15, -0.1) is 0 Å². The number of hydrogen-bond acceptors (Lipinski definition) is 7. The molecule has 0 radical (unpaired) electrons. The van der Waals surface area contributed by atoms with Crippen molar-refractivity contribution in [3.8, 4) is 0 Å². The maximum atomic E-state index is 6.64. The Balaban J connectivity index is 5.63. The Bertz CT molecular complexity index is 845. The average molecular weight is 952 g/mol. The summed E-state index contributed by atoms with van der Waals surface area (Å²) in [6, 6.07) is 0. The molecule has 0 aliphatic rings. The average Bonchev–Trinajstić information content (AvgIpc) is 3.33. The van der Waals surface area contributed by atoms with E-state index in [0.717, 1.165) is 90.6 Å². The Morgan fingerprint density at radius 2 is 0.463 bits per heavy atom. The van der Waals surface area contributed by atoms with Crippen LogP contribution in [0.15, 0.2) is 24.3 Å². The van der Waals surface area contributed by atoms with E-state index < -0.39 is 12.6 Å². The van der Waals surface area contributed by atoms with E-state index in [1.807, 2.05) is 0 Å². The molecule has 0 saturated heterocycles. The van der Waals surface area contributed by atoms with Crippen molar-refractivity contribution in [3.63, 3.8) is 0 Å². The Kier molecular flexibility index (Phi) is 57.1. The first kappa shape index (κ1) is 66.2. The molecule has 0 N–H and O–H groups in total. The molecule has 0 aromatic heterocycles. The smallest absolute Gasteiger partial charge is 0.180 e. The first-order valence-electron chi connectivity index (χ1n) is 29.8. The molecule has 0 aromatic carbocycles. The molecule has 0 amide bonds. The highest BCUT2D eigenvalue weighted by Gasteiger charge is 2.16. The molecule has 0 aliphatic heterocycles. The largest absolute Gasteiger partial charge is 0.353 e. The van der Waals surface area contributed by atoms with Crippen molar-refractivity contribution >= 4 is 0 Å². The van der Waals surface area contributed by atoms with Crippen LogP contribution in [0.5, 0.6) is 0 Å². The molecular formula is C60H118O7. The van der Waals surface area contributed by atoms with Crippen LogP contribution in [-0.2, 0) is 33.2 Å². The van der Waals surface area contributed by atoms with E-state index in [9.17, 15) is 0 Å². The molecule has 0 aromatic rings. The summed E-state index contributed by atoms with van der Waals surface area (Å²) in [6.45, 7) is 18.1. The maximum absolute atomic E-state index is 6.64. The fraction of sp³-hybridized carbons (Fsp3) is 0.933. The Labute approximate surface area is 419 Å². The van der Waals surface area contributed by atoms with Crippen LogP contribution in [0, 0.1) is 0 Å². The summed E-state index contributed by atoms with van der Waals surface area (Å²) in [5.74, 6) is 0. The molecule has 0 heterocycles. The summed E-state index contributed by atoms with van der Waals surface area (Å²) in [6.07, 6.45) is 55.8. The predicted octanol–water partition coefficient (Wildman–Crippen LogP) is 19.2.